The zero-order valence-corrected chi connectivity index (χ0v) is 17.6. The standard InChI is InChI=1S/C28H24N2/c1-28(2)21-14-8-10-16-24(21)29(3)27-22(28)17-18-25-26(27)20-13-7-9-15-23(20)30(25)19-11-5-4-6-12-19/h4-18H,1-3H3. The highest BCUT2D eigenvalue weighted by Gasteiger charge is 2.36. The van der Waals surface area contributed by atoms with E-state index in [0.29, 0.717) is 0 Å². The van der Waals surface area contributed by atoms with Crippen LogP contribution in [-0.4, -0.2) is 11.6 Å². The van der Waals surface area contributed by atoms with Crippen molar-refractivity contribution in [2.24, 2.45) is 0 Å². The molecule has 0 saturated heterocycles. The van der Waals surface area contributed by atoms with Crippen LogP contribution in [0.4, 0.5) is 11.4 Å². The lowest BCUT2D eigenvalue weighted by atomic mass is 9.73. The SMILES string of the molecule is CN1c2ccccc2C(C)(C)c2ccc3c(c21)c1ccccc1n3-c1ccccc1. The number of hydrogen-bond acceptors (Lipinski definition) is 1. The second kappa shape index (κ2) is 5.99. The number of para-hydroxylation sites is 3. The van der Waals surface area contributed by atoms with E-state index in [2.05, 4.69) is 121 Å². The van der Waals surface area contributed by atoms with Gasteiger partial charge in [0.2, 0.25) is 0 Å². The van der Waals surface area contributed by atoms with Crippen LogP contribution in [0.3, 0.4) is 0 Å². The topological polar surface area (TPSA) is 8.17 Å². The van der Waals surface area contributed by atoms with Crippen molar-refractivity contribution in [3.8, 4) is 5.69 Å². The molecule has 0 fully saturated rings. The predicted octanol–water partition coefficient (Wildman–Crippen LogP) is 7.19. The van der Waals surface area contributed by atoms with E-state index >= 15 is 0 Å². The van der Waals surface area contributed by atoms with Crippen molar-refractivity contribution < 1.29 is 0 Å². The molecule has 0 unspecified atom stereocenters. The van der Waals surface area contributed by atoms with Crippen molar-refractivity contribution in [2.45, 2.75) is 19.3 Å². The van der Waals surface area contributed by atoms with E-state index in [1.165, 1.54) is 50.0 Å². The van der Waals surface area contributed by atoms with E-state index in [1.54, 1.807) is 0 Å². The van der Waals surface area contributed by atoms with Gasteiger partial charge in [0.05, 0.1) is 16.7 Å². The highest BCUT2D eigenvalue weighted by molar-refractivity contribution is 6.17. The van der Waals surface area contributed by atoms with Crippen LogP contribution in [-0.2, 0) is 5.41 Å². The average Bonchev–Trinajstić information content (AvgIpc) is 3.12. The second-order valence-electron chi connectivity index (χ2n) is 8.75. The molecule has 1 aromatic heterocycles. The maximum atomic E-state index is 2.40. The molecule has 0 radical (unpaired) electrons. The number of fused-ring (bicyclic) bond motifs is 6. The lowest BCUT2D eigenvalue weighted by Crippen LogP contribution is -2.30. The van der Waals surface area contributed by atoms with Crippen molar-refractivity contribution in [1.82, 2.24) is 4.57 Å². The molecule has 0 N–H and O–H groups in total. The predicted molar refractivity (Wildman–Crippen MR) is 127 cm³/mol. The van der Waals surface area contributed by atoms with Gasteiger partial charge in [-0.15, -0.1) is 0 Å². The molecular formula is C28H24N2. The van der Waals surface area contributed by atoms with Crippen LogP contribution in [0.2, 0.25) is 0 Å². The fourth-order valence-electron chi connectivity index (χ4n) is 5.31. The third-order valence-corrected chi connectivity index (χ3v) is 6.77. The molecular weight excluding hydrogens is 364 g/mol. The average molecular weight is 389 g/mol. The minimum atomic E-state index is -0.0530. The molecule has 2 heteroatoms. The molecule has 2 heterocycles. The minimum Gasteiger partial charge on any atom is -0.344 e. The van der Waals surface area contributed by atoms with E-state index in [-0.39, 0.29) is 5.41 Å². The van der Waals surface area contributed by atoms with Gasteiger partial charge in [-0.05, 0) is 41.5 Å². The van der Waals surface area contributed by atoms with Crippen LogP contribution in [0.5, 0.6) is 0 Å². The molecule has 5 aromatic rings. The first kappa shape index (κ1) is 17.3. The van der Waals surface area contributed by atoms with Crippen LogP contribution >= 0.6 is 0 Å². The lowest BCUT2D eigenvalue weighted by molar-refractivity contribution is 0.631. The first-order chi connectivity index (χ1) is 14.6. The molecule has 4 aromatic carbocycles. The summed E-state index contributed by atoms with van der Waals surface area (Å²) in [5, 5.41) is 2.63. The third-order valence-electron chi connectivity index (χ3n) is 6.77. The first-order valence-electron chi connectivity index (χ1n) is 10.5. The van der Waals surface area contributed by atoms with Gasteiger partial charge in [-0.1, -0.05) is 74.5 Å². The summed E-state index contributed by atoms with van der Waals surface area (Å²) in [6, 6.07) is 32.9. The van der Waals surface area contributed by atoms with Crippen molar-refractivity contribution in [2.75, 3.05) is 11.9 Å². The van der Waals surface area contributed by atoms with Gasteiger partial charge < -0.3 is 9.47 Å². The van der Waals surface area contributed by atoms with Gasteiger partial charge in [0.25, 0.3) is 0 Å². The number of benzene rings is 4. The zero-order valence-electron chi connectivity index (χ0n) is 17.6. The van der Waals surface area contributed by atoms with E-state index < -0.39 is 0 Å². The van der Waals surface area contributed by atoms with E-state index in [9.17, 15) is 0 Å². The van der Waals surface area contributed by atoms with Crippen molar-refractivity contribution in [1.29, 1.82) is 0 Å². The van der Waals surface area contributed by atoms with Gasteiger partial charge in [0.15, 0.2) is 0 Å². The van der Waals surface area contributed by atoms with Crippen molar-refractivity contribution in [3.05, 3.63) is 102 Å². The maximum absolute atomic E-state index is 2.40. The molecule has 0 aliphatic carbocycles. The Kier molecular flexibility index (Phi) is 3.47. The Balaban J connectivity index is 1.79. The van der Waals surface area contributed by atoms with Crippen LogP contribution < -0.4 is 4.90 Å². The molecule has 2 nitrogen and oxygen atoms in total. The highest BCUT2D eigenvalue weighted by atomic mass is 15.1. The molecule has 0 saturated carbocycles. The van der Waals surface area contributed by atoms with Crippen LogP contribution in [0, 0.1) is 0 Å². The molecule has 1 aliphatic rings. The summed E-state index contributed by atoms with van der Waals surface area (Å²) < 4.78 is 2.40. The summed E-state index contributed by atoms with van der Waals surface area (Å²) >= 11 is 0. The summed E-state index contributed by atoms with van der Waals surface area (Å²) in [5.41, 5.74) is 9.02. The van der Waals surface area contributed by atoms with E-state index in [0.717, 1.165) is 0 Å². The monoisotopic (exact) mass is 388 g/mol. The maximum Gasteiger partial charge on any atom is 0.0562 e. The molecule has 0 spiro atoms. The Morgan fingerprint density at radius 1 is 0.633 bits per heavy atom. The Hall–Kier alpha value is -3.52. The van der Waals surface area contributed by atoms with Gasteiger partial charge in [0, 0.05) is 34.6 Å². The first-order valence-corrected chi connectivity index (χ1v) is 10.5. The summed E-state index contributed by atoms with van der Waals surface area (Å²) in [5.74, 6) is 0. The van der Waals surface area contributed by atoms with Gasteiger partial charge in [-0.3, -0.25) is 0 Å². The lowest BCUT2D eigenvalue weighted by Gasteiger charge is -2.40. The Bertz CT molecular complexity index is 1420. The normalized spacial score (nSPS) is 14.7. The Morgan fingerprint density at radius 2 is 1.33 bits per heavy atom. The molecule has 0 atom stereocenters. The van der Waals surface area contributed by atoms with Gasteiger partial charge in [-0.25, -0.2) is 0 Å². The smallest absolute Gasteiger partial charge is 0.0562 e. The number of hydrogen-bond donors (Lipinski definition) is 0. The van der Waals surface area contributed by atoms with Gasteiger partial charge in [0.1, 0.15) is 0 Å². The van der Waals surface area contributed by atoms with E-state index in [4.69, 9.17) is 0 Å². The highest BCUT2D eigenvalue weighted by Crippen LogP contribution is 2.52. The number of aromatic nitrogens is 1. The Morgan fingerprint density at radius 3 is 2.17 bits per heavy atom. The number of anilines is 2. The van der Waals surface area contributed by atoms with Crippen molar-refractivity contribution >= 4 is 33.2 Å². The minimum absolute atomic E-state index is 0.0530. The summed E-state index contributed by atoms with van der Waals surface area (Å²) in [6.07, 6.45) is 0. The Labute approximate surface area is 177 Å². The molecule has 1 aliphatic heterocycles. The number of nitrogens with zero attached hydrogens (tertiary/aromatic N) is 2. The fraction of sp³-hybridized carbons (Fsp3) is 0.143. The largest absolute Gasteiger partial charge is 0.344 e. The summed E-state index contributed by atoms with van der Waals surface area (Å²) in [4.78, 5) is 2.39. The van der Waals surface area contributed by atoms with Crippen LogP contribution in [0.1, 0.15) is 25.0 Å². The van der Waals surface area contributed by atoms with Gasteiger partial charge >= 0.3 is 0 Å². The summed E-state index contributed by atoms with van der Waals surface area (Å²) in [7, 11) is 2.21. The van der Waals surface area contributed by atoms with E-state index in [1.807, 2.05) is 0 Å². The molecule has 146 valence electrons. The third kappa shape index (κ3) is 2.14. The second-order valence-corrected chi connectivity index (χ2v) is 8.75. The van der Waals surface area contributed by atoms with Crippen LogP contribution in [0.25, 0.3) is 27.5 Å². The number of rotatable bonds is 1. The zero-order chi connectivity index (χ0) is 20.5. The summed E-state index contributed by atoms with van der Waals surface area (Å²) in [6.45, 7) is 4.69. The van der Waals surface area contributed by atoms with Gasteiger partial charge in [-0.2, -0.15) is 0 Å². The quantitative estimate of drug-likeness (QED) is 0.295. The van der Waals surface area contributed by atoms with Crippen molar-refractivity contribution in [3.63, 3.8) is 0 Å². The molecule has 30 heavy (non-hydrogen) atoms. The molecule has 0 bridgehead atoms. The fourth-order valence-corrected chi connectivity index (χ4v) is 5.31. The molecule has 6 rings (SSSR count). The van der Waals surface area contributed by atoms with Crippen LogP contribution in [0.15, 0.2) is 91.0 Å². The molecule has 0 amide bonds.